The minimum absolute atomic E-state index is 0.290. The Balaban J connectivity index is 2.24. The Kier molecular flexibility index (Phi) is 3.92. The first-order valence-electron chi connectivity index (χ1n) is 6.00. The van der Waals surface area contributed by atoms with Crippen molar-refractivity contribution in [2.75, 3.05) is 5.75 Å². The third kappa shape index (κ3) is 2.72. The van der Waals surface area contributed by atoms with E-state index in [9.17, 15) is 22.8 Å². The van der Waals surface area contributed by atoms with E-state index in [4.69, 9.17) is 5.11 Å². The van der Waals surface area contributed by atoms with Gasteiger partial charge in [0.25, 0.3) is 0 Å². The van der Waals surface area contributed by atoms with Crippen molar-refractivity contribution < 1.29 is 27.9 Å². The third-order valence-corrected chi connectivity index (χ3v) is 4.57. The first-order chi connectivity index (χ1) is 9.67. The molecule has 2 N–H and O–H groups in total. The number of hydrogen-bond acceptors (Lipinski definition) is 3. The standard InChI is InChI=1S/C13H12F3NO3S/c1-12(11(19)20,13(14,15)16)17-10(18)8-6-21-9-5-3-2-4-7(8)9/h2-5,8H,6H2,1H3,(H,17,18)(H,19,20). The lowest BCUT2D eigenvalue weighted by Crippen LogP contribution is -2.62. The van der Waals surface area contributed by atoms with Gasteiger partial charge in [-0.25, -0.2) is 4.79 Å². The summed E-state index contributed by atoms with van der Waals surface area (Å²) < 4.78 is 38.7. The number of carbonyl (C=O) groups is 2. The molecule has 2 unspecified atom stereocenters. The lowest BCUT2D eigenvalue weighted by Gasteiger charge is -2.29. The van der Waals surface area contributed by atoms with Gasteiger partial charge in [-0.3, -0.25) is 4.79 Å². The topological polar surface area (TPSA) is 66.4 Å². The van der Waals surface area contributed by atoms with Crippen molar-refractivity contribution >= 4 is 23.6 Å². The van der Waals surface area contributed by atoms with Crippen LogP contribution in [0.4, 0.5) is 13.2 Å². The highest BCUT2D eigenvalue weighted by Gasteiger charge is 2.59. The second-order valence-electron chi connectivity index (χ2n) is 4.82. The maximum Gasteiger partial charge on any atom is 0.422 e. The number of carboxylic acid groups (broad SMARTS) is 1. The monoisotopic (exact) mass is 319 g/mol. The van der Waals surface area contributed by atoms with E-state index in [2.05, 4.69) is 0 Å². The van der Waals surface area contributed by atoms with Crippen molar-refractivity contribution in [3.63, 3.8) is 0 Å². The highest BCUT2D eigenvalue weighted by molar-refractivity contribution is 7.99. The third-order valence-electron chi connectivity index (χ3n) is 3.38. The van der Waals surface area contributed by atoms with Crippen LogP contribution in [-0.4, -0.2) is 34.5 Å². The van der Waals surface area contributed by atoms with Gasteiger partial charge in [-0.2, -0.15) is 13.2 Å². The number of fused-ring (bicyclic) bond motifs is 1. The van der Waals surface area contributed by atoms with Crippen molar-refractivity contribution in [3.8, 4) is 0 Å². The van der Waals surface area contributed by atoms with Crippen LogP contribution in [0, 0.1) is 0 Å². The van der Waals surface area contributed by atoms with Gasteiger partial charge in [0.15, 0.2) is 0 Å². The molecule has 1 aliphatic rings. The molecule has 0 bridgehead atoms. The number of hydrogen-bond donors (Lipinski definition) is 2. The second-order valence-corrected chi connectivity index (χ2v) is 5.88. The van der Waals surface area contributed by atoms with Gasteiger partial charge in [0.2, 0.25) is 11.4 Å². The largest absolute Gasteiger partial charge is 0.479 e. The van der Waals surface area contributed by atoms with Crippen LogP contribution in [0.2, 0.25) is 0 Å². The zero-order valence-electron chi connectivity index (χ0n) is 10.9. The molecule has 2 atom stereocenters. The summed E-state index contributed by atoms with van der Waals surface area (Å²) in [5, 5.41) is 10.5. The molecule has 0 aliphatic carbocycles. The molecule has 0 saturated heterocycles. The fraction of sp³-hybridized carbons (Fsp3) is 0.385. The maximum absolute atomic E-state index is 12.9. The van der Waals surface area contributed by atoms with Crippen LogP contribution in [0.5, 0.6) is 0 Å². The average Bonchev–Trinajstić information content (AvgIpc) is 2.80. The summed E-state index contributed by atoms with van der Waals surface area (Å²) in [6.45, 7) is 0.446. The summed E-state index contributed by atoms with van der Waals surface area (Å²) in [7, 11) is 0. The van der Waals surface area contributed by atoms with Crippen LogP contribution in [0.1, 0.15) is 18.4 Å². The summed E-state index contributed by atoms with van der Waals surface area (Å²) in [6.07, 6.45) is -5.08. The molecule has 1 aliphatic heterocycles. The number of rotatable bonds is 3. The summed E-state index contributed by atoms with van der Waals surface area (Å²) in [5.41, 5.74) is -2.68. The molecule has 1 aromatic carbocycles. The molecule has 1 amide bonds. The predicted octanol–water partition coefficient (Wildman–Crippen LogP) is 2.40. The maximum atomic E-state index is 12.9. The molecule has 0 aromatic heterocycles. The molecule has 0 saturated carbocycles. The molecule has 1 heterocycles. The fourth-order valence-corrected chi connectivity index (χ4v) is 3.19. The molecular weight excluding hydrogens is 307 g/mol. The first-order valence-corrected chi connectivity index (χ1v) is 6.99. The number of alkyl halides is 3. The quantitative estimate of drug-likeness (QED) is 0.898. The number of carbonyl (C=O) groups excluding carboxylic acids is 1. The Bertz CT molecular complexity index is 590. The summed E-state index contributed by atoms with van der Waals surface area (Å²) in [5.74, 6) is -3.57. The van der Waals surface area contributed by atoms with Crippen LogP contribution in [0.15, 0.2) is 29.2 Å². The molecule has 1 aromatic rings. The Labute approximate surface area is 122 Å². The van der Waals surface area contributed by atoms with Crippen LogP contribution >= 0.6 is 11.8 Å². The van der Waals surface area contributed by atoms with Gasteiger partial charge in [-0.1, -0.05) is 18.2 Å². The fourth-order valence-electron chi connectivity index (χ4n) is 1.96. The Morgan fingerprint density at radius 1 is 1.33 bits per heavy atom. The minimum atomic E-state index is -5.08. The number of thioether (sulfide) groups is 1. The smallest absolute Gasteiger partial charge is 0.422 e. The Hall–Kier alpha value is -1.70. The average molecular weight is 319 g/mol. The molecule has 0 radical (unpaired) electrons. The van der Waals surface area contributed by atoms with E-state index >= 15 is 0 Å². The van der Waals surface area contributed by atoms with Crippen molar-refractivity contribution in [1.29, 1.82) is 0 Å². The molecule has 114 valence electrons. The van der Waals surface area contributed by atoms with E-state index in [1.54, 1.807) is 29.6 Å². The molecule has 8 heteroatoms. The zero-order chi connectivity index (χ0) is 15.8. The van der Waals surface area contributed by atoms with Gasteiger partial charge in [0.1, 0.15) is 0 Å². The SMILES string of the molecule is CC(NC(=O)C1CSc2ccccc21)(C(=O)O)C(F)(F)F. The van der Waals surface area contributed by atoms with E-state index in [-0.39, 0.29) is 0 Å². The van der Waals surface area contributed by atoms with Crippen LogP contribution in [0.25, 0.3) is 0 Å². The van der Waals surface area contributed by atoms with Gasteiger partial charge < -0.3 is 10.4 Å². The number of aliphatic carboxylic acids is 1. The van der Waals surface area contributed by atoms with E-state index < -0.39 is 29.5 Å². The van der Waals surface area contributed by atoms with Crippen molar-refractivity contribution in [1.82, 2.24) is 5.32 Å². The van der Waals surface area contributed by atoms with Gasteiger partial charge >= 0.3 is 12.1 Å². The molecule has 0 spiro atoms. The Morgan fingerprint density at radius 2 is 1.95 bits per heavy atom. The van der Waals surface area contributed by atoms with E-state index in [0.717, 1.165) is 4.90 Å². The lowest BCUT2D eigenvalue weighted by atomic mass is 9.96. The van der Waals surface area contributed by atoms with E-state index in [1.807, 2.05) is 0 Å². The van der Waals surface area contributed by atoms with E-state index in [0.29, 0.717) is 18.2 Å². The summed E-state index contributed by atoms with van der Waals surface area (Å²) in [4.78, 5) is 23.8. The molecule has 21 heavy (non-hydrogen) atoms. The first kappa shape index (κ1) is 15.7. The normalized spacial score (nSPS) is 20.5. The number of benzene rings is 1. The van der Waals surface area contributed by atoms with Crippen LogP contribution < -0.4 is 5.32 Å². The van der Waals surface area contributed by atoms with Crippen molar-refractivity contribution in [2.45, 2.75) is 29.5 Å². The molecule has 0 fully saturated rings. The number of halogens is 3. The van der Waals surface area contributed by atoms with Crippen LogP contribution in [-0.2, 0) is 9.59 Å². The highest BCUT2D eigenvalue weighted by atomic mass is 32.2. The molecule has 2 rings (SSSR count). The van der Waals surface area contributed by atoms with Gasteiger partial charge in [0, 0.05) is 10.6 Å². The van der Waals surface area contributed by atoms with Gasteiger partial charge in [-0.05, 0) is 18.6 Å². The number of nitrogens with one attached hydrogen (secondary N) is 1. The van der Waals surface area contributed by atoms with Gasteiger partial charge in [0.05, 0.1) is 5.92 Å². The number of amides is 1. The van der Waals surface area contributed by atoms with E-state index in [1.165, 1.54) is 11.8 Å². The summed E-state index contributed by atoms with van der Waals surface area (Å²) >= 11 is 1.36. The highest BCUT2D eigenvalue weighted by Crippen LogP contribution is 2.40. The zero-order valence-corrected chi connectivity index (χ0v) is 11.7. The number of carboxylic acids is 1. The predicted molar refractivity (Wildman–Crippen MR) is 70.1 cm³/mol. The molecule has 4 nitrogen and oxygen atoms in total. The summed E-state index contributed by atoms with van der Waals surface area (Å²) in [6, 6.07) is 6.88. The second kappa shape index (κ2) is 5.25. The molecular formula is C13H12F3NO3S. The lowest BCUT2D eigenvalue weighted by molar-refractivity contribution is -0.207. The van der Waals surface area contributed by atoms with Crippen LogP contribution in [0.3, 0.4) is 0 Å². The van der Waals surface area contributed by atoms with Gasteiger partial charge in [-0.15, -0.1) is 11.8 Å². The van der Waals surface area contributed by atoms with Crippen molar-refractivity contribution in [2.24, 2.45) is 0 Å². The van der Waals surface area contributed by atoms with Crippen molar-refractivity contribution in [3.05, 3.63) is 29.8 Å². The minimum Gasteiger partial charge on any atom is -0.479 e. The Morgan fingerprint density at radius 3 is 2.52 bits per heavy atom.